The average Bonchev–Trinajstić information content (AvgIpc) is 2.36. The summed E-state index contributed by atoms with van der Waals surface area (Å²) in [5.74, 6) is -0.462. The molecule has 0 saturated heterocycles. The van der Waals surface area contributed by atoms with E-state index in [2.05, 4.69) is 5.32 Å². The SMILES string of the molecule is CC(Nc1ccc(Cl)c(F)c1)c1cc(Cl)ccc1Cl. The van der Waals surface area contributed by atoms with Crippen LogP contribution in [0.2, 0.25) is 15.1 Å². The van der Waals surface area contributed by atoms with Crippen molar-refractivity contribution < 1.29 is 4.39 Å². The fourth-order valence-electron chi connectivity index (χ4n) is 1.76. The van der Waals surface area contributed by atoms with Gasteiger partial charge >= 0.3 is 0 Å². The van der Waals surface area contributed by atoms with E-state index in [9.17, 15) is 4.39 Å². The maximum absolute atomic E-state index is 13.4. The van der Waals surface area contributed by atoms with E-state index in [-0.39, 0.29) is 11.1 Å². The third-order valence-electron chi connectivity index (χ3n) is 2.73. The first-order chi connectivity index (χ1) is 8.97. The normalized spacial score (nSPS) is 12.3. The molecule has 1 N–H and O–H groups in total. The standard InChI is InChI=1S/C14H11Cl3FN/c1-8(11-6-9(15)2-4-12(11)16)19-10-3-5-13(17)14(18)7-10/h2-8,19H,1H3. The predicted octanol–water partition coefficient (Wildman–Crippen LogP) is 5.96. The molecule has 0 fully saturated rings. The van der Waals surface area contributed by atoms with E-state index in [0.29, 0.717) is 15.7 Å². The lowest BCUT2D eigenvalue weighted by molar-refractivity contribution is 0.628. The van der Waals surface area contributed by atoms with Crippen LogP contribution in [0.25, 0.3) is 0 Å². The van der Waals surface area contributed by atoms with Crippen LogP contribution >= 0.6 is 34.8 Å². The molecular weight excluding hydrogens is 308 g/mol. The summed E-state index contributed by atoms with van der Waals surface area (Å²) in [6.45, 7) is 1.92. The summed E-state index contributed by atoms with van der Waals surface area (Å²) >= 11 is 17.7. The lowest BCUT2D eigenvalue weighted by Crippen LogP contribution is -2.07. The molecule has 19 heavy (non-hydrogen) atoms. The molecule has 2 aromatic rings. The van der Waals surface area contributed by atoms with Crippen LogP contribution in [-0.2, 0) is 0 Å². The molecule has 0 saturated carbocycles. The third kappa shape index (κ3) is 3.53. The van der Waals surface area contributed by atoms with Crippen molar-refractivity contribution in [3.05, 3.63) is 62.8 Å². The molecule has 1 unspecified atom stereocenters. The Morgan fingerprint density at radius 1 is 1.00 bits per heavy atom. The Kier molecular flexibility index (Phi) is 4.56. The van der Waals surface area contributed by atoms with Gasteiger partial charge in [-0.25, -0.2) is 4.39 Å². The molecule has 0 aromatic heterocycles. The summed E-state index contributed by atoms with van der Waals surface area (Å²) in [5.41, 5.74) is 1.48. The largest absolute Gasteiger partial charge is 0.378 e. The van der Waals surface area contributed by atoms with Crippen molar-refractivity contribution in [3.8, 4) is 0 Å². The Hall–Kier alpha value is -0.960. The molecule has 0 aliphatic rings. The molecule has 0 spiro atoms. The molecule has 0 bridgehead atoms. The number of benzene rings is 2. The molecule has 100 valence electrons. The lowest BCUT2D eigenvalue weighted by atomic mass is 10.1. The topological polar surface area (TPSA) is 12.0 Å². The van der Waals surface area contributed by atoms with Gasteiger partial charge in [-0.05, 0) is 48.9 Å². The zero-order valence-corrected chi connectivity index (χ0v) is 12.3. The molecule has 0 aliphatic heterocycles. The molecule has 0 radical (unpaired) electrons. The van der Waals surface area contributed by atoms with Crippen molar-refractivity contribution in [2.24, 2.45) is 0 Å². The third-order valence-corrected chi connectivity index (χ3v) is 3.61. The summed E-state index contributed by atoms with van der Waals surface area (Å²) in [6.07, 6.45) is 0. The van der Waals surface area contributed by atoms with Crippen LogP contribution < -0.4 is 5.32 Å². The fraction of sp³-hybridized carbons (Fsp3) is 0.143. The van der Waals surface area contributed by atoms with Crippen LogP contribution in [0.5, 0.6) is 0 Å². The van der Waals surface area contributed by atoms with Gasteiger partial charge in [0.2, 0.25) is 0 Å². The van der Waals surface area contributed by atoms with Gasteiger partial charge in [0, 0.05) is 15.7 Å². The number of hydrogen-bond donors (Lipinski definition) is 1. The van der Waals surface area contributed by atoms with Crippen LogP contribution in [0.1, 0.15) is 18.5 Å². The van der Waals surface area contributed by atoms with Crippen molar-refractivity contribution in [1.82, 2.24) is 0 Å². The van der Waals surface area contributed by atoms with Crippen LogP contribution in [0, 0.1) is 5.82 Å². The summed E-state index contributed by atoms with van der Waals surface area (Å²) in [4.78, 5) is 0. The molecule has 5 heteroatoms. The Labute approximate surface area is 126 Å². The van der Waals surface area contributed by atoms with Crippen molar-refractivity contribution in [3.63, 3.8) is 0 Å². The van der Waals surface area contributed by atoms with Gasteiger partial charge in [-0.2, -0.15) is 0 Å². The molecule has 0 heterocycles. The maximum Gasteiger partial charge on any atom is 0.143 e. The molecule has 0 aliphatic carbocycles. The van der Waals surface area contributed by atoms with Gasteiger partial charge < -0.3 is 5.32 Å². The van der Waals surface area contributed by atoms with Crippen molar-refractivity contribution in [2.45, 2.75) is 13.0 Å². The Balaban J connectivity index is 2.22. The summed E-state index contributed by atoms with van der Waals surface area (Å²) in [7, 11) is 0. The van der Waals surface area contributed by atoms with E-state index in [4.69, 9.17) is 34.8 Å². The van der Waals surface area contributed by atoms with Crippen LogP contribution in [0.3, 0.4) is 0 Å². The van der Waals surface area contributed by atoms with E-state index in [1.807, 2.05) is 6.92 Å². The summed E-state index contributed by atoms with van der Waals surface area (Å²) in [6, 6.07) is 9.70. The van der Waals surface area contributed by atoms with Gasteiger partial charge in [-0.15, -0.1) is 0 Å². The Morgan fingerprint density at radius 2 is 1.68 bits per heavy atom. The predicted molar refractivity (Wildman–Crippen MR) is 79.9 cm³/mol. The lowest BCUT2D eigenvalue weighted by Gasteiger charge is -2.17. The van der Waals surface area contributed by atoms with Gasteiger partial charge in [-0.1, -0.05) is 34.8 Å². The highest BCUT2D eigenvalue weighted by Gasteiger charge is 2.11. The maximum atomic E-state index is 13.4. The second kappa shape index (κ2) is 6.00. The Bertz CT molecular complexity index is 601. The second-order valence-corrected chi connectivity index (χ2v) is 5.41. The van der Waals surface area contributed by atoms with E-state index in [0.717, 1.165) is 5.56 Å². The van der Waals surface area contributed by atoms with Gasteiger partial charge in [0.15, 0.2) is 0 Å². The minimum atomic E-state index is -0.462. The van der Waals surface area contributed by atoms with E-state index < -0.39 is 5.82 Å². The van der Waals surface area contributed by atoms with E-state index >= 15 is 0 Å². The highest BCUT2D eigenvalue weighted by molar-refractivity contribution is 6.33. The van der Waals surface area contributed by atoms with E-state index in [1.165, 1.54) is 12.1 Å². The first kappa shape index (κ1) is 14.4. The zero-order chi connectivity index (χ0) is 14.0. The van der Waals surface area contributed by atoms with Gasteiger partial charge in [0.1, 0.15) is 5.82 Å². The number of hydrogen-bond acceptors (Lipinski definition) is 1. The van der Waals surface area contributed by atoms with Crippen molar-refractivity contribution in [1.29, 1.82) is 0 Å². The smallest absolute Gasteiger partial charge is 0.143 e. The Morgan fingerprint density at radius 3 is 2.37 bits per heavy atom. The van der Waals surface area contributed by atoms with Crippen LogP contribution in [0.4, 0.5) is 10.1 Å². The summed E-state index contributed by atoms with van der Waals surface area (Å²) in [5, 5.41) is 4.47. The fourth-order valence-corrected chi connectivity index (χ4v) is 2.34. The average molecular weight is 319 g/mol. The summed E-state index contributed by atoms with van der Waals surface area (Å²) < 4.78 is 13.4. The van der Waals surface area contributed by atoms with Gasteiger partial charge in [-0.3, -0.25) is 0 Å². The highest BCUT2D eigenvalue weighted by Crippen LogP contribution is 2.29. The first-order valence-corrected chi connectivity index (χ1v) is 6.77. The molecule has 2 aromatic carbocycles. The van der Waals surface area contributed by atoms with Crippen molar-refractivity contribution >= 4 is 40.5 Å². The number of rotatable bonds is 3. The molecule has 1 nitrogen and oxygen atoms in total. The molecule has 1 atom stereocenters. The number of anilines is 1. The van der Waals surface area contributed by atoms with E-state index in [1.54, 1.807) is 24.3 Å². The number of halogens is 4. The van der Waals surface area contributed by atoms with Crippen LogP contribution in [0.15, 0.2) is 36.4 Å². The first-order valence-electron chi connectivity index (χ1n) is 5.64. The second-order valence-electron chi connectivity index (χ2n) is 4.16. The van der Waals surface area contributed by atoms with Crippen LogP contribution in [-0.4, -0.2) is 0 Å². The van der Waals surface area contributed by atoms with Gasteiger partial charge in [0.05, 0.1) is 11.1 Å². The molecular formula is C14H11Cl3FN. The molecule has 0 amide bonds. The number of nitrogens with one attached hydrogen (secondary N) is 1. The zero-order valence-electron chi connectivity index (χ0n) is 10.1. The minimum absolute atomic E-state index is 0.0963. The quantitative estimate of drug-likeness (QED) is 0.736. The van der Waals surface area contributed by atoms with Gasteiger partial charge in [0.25, 0.3) is 0 Å². The minimum Gasteiger partial charge on any atom is -0.378 e. The molecule has 2 rings (SSSR count). The monoisotopic (exact) mass is 317 g/mol. The highest BCUT2D eigenvalue weighted by atomic mass is 35.5. The van der Waals surface area contributed by atoms with Crippen molar-refractivity contribution in [2.75, 3.05) is 5.32 Å².